The van der Waals surface area contributed by atoms with Crippen molar-refractivity contribution in [2.24, 2.45) is 5.41 Å². The fourth-order valence-corrected chi connectivity index (χ4v) is 3.36. The molecule has 5 heteroatoms. The van der Waals surface area contributed by atoms with Crippen LogP contribution >= 0.6 is 0 Å². The third-order valence-electron chi connectivity index (χ3n) is 5.23. The van der Waals surface area contributed by atoms with Crippen molar-refractivity contribution in [2.75, 3.05) is 5.32 Å². The van der Waals surface area contributed by atoms with Gasteiger partial charge in [-0.2, -0.15) is 0 Å². The molecule has 1 aliphatic carbocycles. The van der Waals surface area contributed by atoms with Crippen molar-refractivity contribution >= 4 is 17.5 Å². The normalized spacial score (nSPS) is 15.0. The van der Waals surface area contributed by atoms with Gasteiger partial charge in [-0.05, 0) is 47.9 Å². The highest BCUT2D eigenvalue weighted by molar-refractivity contribution is 6.13. The van der Waals surface area contributed by atoms with E-state index in [4.69, 9.17) is 4.42 Å². The Kier molecular flexibility index (Phi) is 5.40. The second kappa shape index (κ2) is 7.59. The monoisotopic (exact) mass is 368 g/mol. The number of anilines is 1. The quantitative estimate of drug-likeness (QED) is 0.704. The molecule has 0 unspecified atom stereocenters. The Labute approximate surface area is 160 Å². The van der Waals surface area contributed by atoms with Crippen LogP contribution in [-0.4, -0.2) is 11.8 Å². The number of carbonyl (C=O) groups excluding carboxylic acids is 2. The molecule has 1 aromatic carbocycles. The van der Waals surface area contributed by atoms with Gasteiger partial charge in [-0.1, -0.05) is 45.9 Å². The summed E-state index contributed by atoms with van der Waals surface area (Å²) >= 11 is 0. The van der Waals surface area contributed by atoms with Gasteiger partial charge in [-0.15, -0.1) is 0 Å². The number of amides is 2. The fraction of sp³-hybridized carbons (Fsp3) is 0.455. The molecule has 2 amide bonds. The van der Waals surface area contributed by atoms with E-state index in [-0.39, 0.29) is 23.7 Å². The largest absolute Gasteiger partial charge is 0.467 e. The molecule has 1 fully saturated rings. The molecular weight excluding hydrogens is 340 g/mol. The van der Waals surface area contributed by atoms with Crippen molar-refractivity contribution in [1.82, 2.24) is 5.32 Å². The molecule has 0 spiro atoms. The summed E-state index contributed by atoms with van der Waals surface area (Å²) in [7, 11) is 0. The van der Waals surface area contributed by atoms with Gasteiger partial charge >= 0.3 is 0 Å². The van der Waals surface area contributed by atoms with E-state index >= 15 is 0 Å². The molecule has 27 heavy (non-hydrogen) atoms. The van der Waals surface area contributed by atoms with E-state index < -0.39 is 5.41 Å². The van der Waals surface area contributed by atoms with Gasteiger partial charge in [0, 0.05) is 5.69 Å². The van der Waals surface area contributed by atoms with E-state index in [2.05, 4.69) is 38.3 Å². The standard InChI is InChI=1S/C22H28N2O3/c1-14(2)17-8-5-9-18(15(3)4)19(17)24-21(26)22(10-11-22)20(25)23-13-16-7-6-12-27-16/h5-9,12,14-15H,10-11,13H2,1-4H3,(H,23,25)(H,24,26). The highest BCUT2D eigenvalue weighted by Crippen LogP contribution is 2.47. The molecule has 0 bridgehead atoms. The van der Waals surface area contributed by atoms with Crippen LogP contribution < -0.4 is 10.6 Å². The van der Waals surface area contributed by atoms with Crippen molar-refractivity contribution in [3.8, 4) is 0 Å². The summed E-state index contributed by atoms with van der Waals surface area (Å²) in [5, 5.41) is 5.93. The molecule has 5 nitrogen and oxygen atoms in total. The highest BCUT2D eigenvalue weighted by atomic mass is 16.3. The van der Waals surface area contributed by atoms with Gasteiger partial charge in [0.2, 0.25) is 11.8 Å². The molecule has 0 radical (unpaired) electrons. The Hall–Kier alpha value is -2.56. The second-order valence-electron chi connectivity index (χ2n) is 7.92. The average molecular weight is 368 g/mol. The van der Waals surface area contributed by atoms with Gasteiger partial charge in [0.15, 0.2) is 0 Å². The summed E-state index contributed by atoms with van der Waals surface area (Å²) in [6.45, 7) is 8.73. The third kappa shape index (κ3) is 3.92. The molecule has 2 N–H and O–H groups in total. The number of hydrogen-bond donors (Lipinski definition) is 2. The first-order valence-electron chi connectivity index (χ1n) is 9.60. The molecular formula is C22H28N2O3. The molecule has 0 saturated heterocycles. The first-order chi connectivity index (χ1) is 12.8. The molecule has 1 heterocycles. The van der Waals surface area contributed by atoms with Crippen LogP contribution in [0.25, 0.3) is 0 Å². The number of carbonyl (C=O) groups is 2. The number of benzene rings is 1. The molecule has 1 aliphatic rings. The molecule has 0 aliphatic heterocycles. The van der Waals surface area contributed by atoms with Crippen molar-refractivity contribution in [1.29, 1.82) is 0 Å². The summed E-state index contributed by atoms with van der Waals surface area (Å²) in [6, 6.07) is 9.69. The molecule has 0 atom stereocenters. The van der Waals surface area contributed by atoms with Crippen molar-refractivity contribution in [2.45, 2.75) is 58.9 Å². The zero-order valence-corrected chi connectivity index (χ0v) is 16.5. The lowest BCUT2D eigenvalue weighted by molar-refractivity contribution is -0.134. The number of para-hydroxylation sites is 1. The topological polar surface area (TPSA) is 71.3 Å². The van der Waals surface area contributed by atoms with Crippen LogP contribution in [0.4, 0.5) is 5.69 Å². The van der Waals surface area contributed by atoms with Gasteiger partial charge in [0.05, 0.1) is 12.8 Å². The van der Waals surface area contributed by atoms with Gasteiger partial charge in [-0.25, -0.2) is 0 Å². The fourth-order valence-electron chi connectivity index (χ4n) is 3.36. The van der Waals surface area contributed by atoms with Crippen LogP contribution in [-0.2, 0) is 16.1 Å². The van der Waals surface area contributed by atoms with Crippen molar-refractivity contribution in [3.05, 3.63) is 53.5 Å². The van der Waals surface area contributed by atoms with Crippen LogP contribution in [0, 0.1) is 5.41 Å². The van der Waals surface area contributed by atoms with E-state index in [1.165, 1.54) is 0 Å². The second-order valence-corrected chi connectivity index (χ2v) is 7.92. The summed E-state index contributed by atoms with van der Waals surface area (Å²) in [5.41, 5.74) is 2.09. The van der Waals surface area contributed by atoms with Crippen LogP contribution in [0.5, 0.6) is 0 Å². The average Bonchev–Trinajstić information content (AvgIpc) is 3.29. The van der Waals surface area contributed by atoms with E-state index in [0.29, 0.717) is 25.1 Å². The first kappa shape index (κ1) is 19.2. The SMILES string of the molecule is CC(C)c1cccc(C(C)C)c1NC(=O)C1(C(=O)NCc2ccco2)CC1. The Bertz CT molecular complexity index is 792. The van der Waals surface area contributed by atoms with E-state index in [9.17, 15) is 9.59 Å². The minimum atomic E-state index is -0.967. The summed E-state index contributed by atoms with van der Waals surface area (Å²) in [5.74, 6) is 0.787. The minimum Gasteiger partial charge on any atom is -0.467 e. The minimum absolute atomic E-state index is 0.213. The van der Waals surface area contributed by atoms with Gasteiger partial charge in [-0.3, -0.25) is 9.59 Å². The van der Waals surface area contributed by atoms with E-state index in [1.807, 2.05) is 18.2 Å². The molecule has 1 aromatic heterocycles. The number of hydrogen-bond acceptors (Lipinski definition) is 3. The smallest absolute Gasteiger partial charge is 0.240 e. The molecule has 144 valence electrons. The maximum Gasteiger partial charge on any atom is 0.240 e. The van der Waals surface area contributed by atoms with E-state index in [0.717, 1.165) is 16.8 Å². The van der Waals surface area contributed by atoms with Crippen LogP contribution in [0.1, 0.15) is 69.3 Å². The van der Waals surface area contributed by atoms with Crippen LogP contribution in [0.2, 0.25) is 0 Å². The maximum atomic E-state index is 13.1. The lowest BCUT2D eigenvalue weighted by Crippen LogP contribution is -2.40. The van der Waals surface area contributed by atoms with Gasteiger partial charge in [0.1, 0.15) is 11.2 Å². The Balaban J connectivity index is 1.77. The van der Waals surface area contributed by atoms with Crippen LogP contribution in [0.15, 0.2) is 41.0 Å². The predicted molar refractivity (Wildman–Crippen MR) is 105 cm³/mol. The van der Waals surface area contributed by atoms with Gasteiger partial charge in [0.25, 0.3) is 0 Å². The maximum absolute atomic E-state index is 13.1. The van der Waals surface area contributed by atoms with Crippen molar-refractivity contribution in [3.63, 3.8) is 0 Å². The van der Waals surface area contributed by atoms with E-state index in [1.54, 1.807) is 18.4 Å². The van der Waals surface area contributed by atoms with Crippen molar-refractivity contribution < 1.29 is 14.0 Å². The number of nitrogens with one attached hydrogen (secondary N) is 2. The summed E-state index contributed by atoms with van der Waals surface area (Å²) in [6.07, 6.45) is 2.71. The Morgan fingerprint density at radius 1 is 1.00 bits per heavy atom. The first-order valence-corrected chi connectivity index (χ1v) is 9.60. The predicted octanol–water partition coefficient (Wildman–Crippen LogP) is 4.56. The number of furan rings is 1. The highest BCUT2D eigenvalue weighted by Gasteiger charge is 2.56. The third-order valence-corrected chi connectivity index (χ3v) is 5.23. The van der Waals surface area contributed by atoms with Gasteiger partial charge < -0.3 is 15.1 Å². The lowest BCUT2D eigenvalue weighted by atomic mass is 9.92. The number of rotatable bonds is 7. The Morgan fingerprint density at radius 3 is 2.11 bits per heavy atom. The summed E-state index contributed by atoms with van der Waals surface area (Å²) in [4.78, 5) is 25.7. The summed E-state index contributed by atoms with van der Waals surface area (Å²) < 4.78 is 5.24. The van der Waals surface area contributed by atoms with Crippen LogP contribution in [0.3, 0.4) is 0 Å². The Morgan fingerprint density at radius 2 is 1.63 bits per heavy atom. The zero-order valence-electron chi connectivity index (χ0n) is 16.5. The molecule has 3 rings (SSSR count). The molecule has 1 saturated carbocycles. The molecule has 2 aromatic rings. The lowest BCUT2D eigenvalue weighted by Gasteiger charge is -2.22. The zero-order chi connectivity index (χ0) is 19.6.